The summed E-state index contributed by atoms with van der Waals surface area (Å²) in [6.45, 7) is -0.396. The van der Waals surface area contributed by atoms with Crippen molar-refractivity contribution in [2.45, 2.75) is 52.3 Å². The third-order valence-electron chi connectivity index (χ3n) is 4.85. The Bertz CT molecular complexity index is 654. The van der Waals surface area contributed by atoms with Crippen molar-refractivity contribution in [3.63, 3.8) is 0 Å². The summed E-state index contributed by atoms with van der Waals surface area (Å²) in [5.74, 6) is -0.629. The molecule has 10 heteroatoms. The van der Waals surface area contributed by atoms with Crippen LogP contribution < -0.4 is 0 Å². The molecule has 2 unspecified atom stereocenters. The standard InChI is InChI=1S/C17H23ClFO7Se/c18-14-8(2-1-3-9(14)19)17-25-5-10(21)16(26-17)12(23)7-27-6-11(22)15(24)13(27)4-20/h1-3,10-13,15-17,20-24H,4-7H2/q+1/t10-,11-,12-,13-,15+,16+,17?,27?/m1/s1. The molecule has 7 nitrogen and oxygen atoms in total. The fourth-order valence-corrected chi connectivity index (χ4v) is 9.21. The molecule has 0 saturated carbocycles. The van der Waals surface area contributed by atoms with Gasteiger partial charge in [0.05, 0.1) is 0 Å². The van der Waals surface area contributed by atoms with Crippen LogP contribution in [-0.4, -0.2) is 83.2 Å². The predicted octanol–water partition coefficient (Wildman–Crippen LogP) is 0.208. The molecule has 0 spiro atoms. The molecule has 2 heterocycles. The van der Waals surface area contributed by atoms with Gasteiger partial charge in [0, 0.05) is 0 Å². The van der Waals surface area contributed by atoms with E-state index in [1.807, 2.05) is 0 Å². The number of rotatable bonds is 5. The number of benzene rings is 1. The first-order chi connectivity index (χ1) is 12.8. The molecule has 2 aliphatic heterocycles. The Labute approximate surface area is 165 Å². The molecule has 0 radical (unpaired) electrons. The van der Waals surface area contributed by atoms with E-state index < -0.39 is 61.3 Å². The van der Waals surface area contributed by atoms with Gasteiger partial charge in [-0.15, -0.1) is 0 Å². The molecule has 1 aromatic rings. The molecular weight excluding hydrogens is 450 g/mol. The van der Waals surface area contributed by atoms with Gasteiger partial charge in [0.1, 0.15) is 0 Å². The first-order valence-corrected chi connectivity index (χ1v) is 12.3. The van der Waals surface area contributed by atoms with Crippen LogP contribution in [0.2, 0.25) is 20.5 Å². The van der Waals surface area contributed by atoms with Crippen molar-refractivity contribution >= 4 is 25.5 Å². The fourth-order valence-electron chi connectivity index (χ4n) is 3.37. The van der Waals surface area contributed by atoms with Gasteiger partial charge < -0.3 is 0 Å². The SMILES string of the molecule is OC[C@@H]1[C@@H](O)[C@H](O)C[Se+]1C[C@@H](O)[C@H]1OC(c2cccc(F)c2Cl)OC[C@H]1O. The molecule has 2 aliphatic rings. The molecule has 152 valence electrons. The van der Waals surface area contributed by atoms with Gasteiger partial charge in [-0.25, -0.2) is 0 Å². The Morgan fingerprint density at radius 3 is 2.70 bits per heavy atom. The van der Waals surface area contributed by atoms with Gasteiger partial charge in [-0.1, -0.05) is 0 Å². The Morgan fingerprint density at radius 2 is 2.00 bits per heavy atom. The number of aliphatic hydroxyl groups is 5. The van der Waals surface area contributed by atoms with Crippen LogP contribution in [0.1, 0.15) is 11.9 Å². The summed E-state index contributed by atoms with van der Waals surface area (Å²) in [6, 6.07) is 4.20. The van der Waals surface area contributed by atoms with Crippen molar-refractivity contribution in [3.8, 4) is 0 Å². The molecule has 27 heavy (non-hydrogen) atoms. The molecule has 0 aromatic heterocycles. The van der Waals surface area contributed by atoms with Crippen LogP contribution in [0.15, 0.2) is 18.2 Å². The Hall–Kier alpha value is -0.321. The summed E-state index contributed by atoms with van der Waals surface area (Å²) < 4.78 is 24.8. The van der Waals surface area contributed by atoms with Crippen molar-refractivity contribution in [2.24, 2.45) is 0 Å². The van der Waals surface area contributed by atoms with Gasteiger partial charge in [0.2, 0.25) is 0 Å². The molecule has 0 aliphatic carbocycles. The second kappa shape index (κ2) is 9.00. The van der Waals surface area contributed by atoms with Crippen LogP contribution in [0, 0.1) is 5.82 Å². The third kappa shape index (κ3) is 4.48. The number of hydrogen-bond acceptors (Lipinski definition) is 7. The van der Waals surface area contributed by atoms with Crippen LogP contribution in [0.3, 0.4) is 0 Å². The second-order valence-electron chi connectivity index (χ2n) is 6.69. The van der Waals surface area contributed by atoms with E-state index in [2.05, 4.69) is 0 Å². The van der Waals surface area contributed by atoms with E-state index in [-0.39, 0.29) is 29.1 Å². The van der Waals surface area contributed by atoms with Gasteiger partial charge in [-0.05, 0) is 0 Å². The zero-order valence-electron chi connectivity index (χ0n) is 14.3. The van der Waals surface area contributed by atoms with Gasteiger partial charge in [-0.2, -0.15) is 0 Å². The van der Waals surface area contributed by atoms with Gasteiger partial charge in [0.15, 0.2) is 0 Å². The first-order valence-electron chi connectivity index (χ1n) is 8.53. The summed E-state index contributed by atoms with van der Waals surface area (Å²) in [7, 11) is 0. The zero-order valence-corrected chi connectivity index (χ0v) is 16.8. The monoisotopic (exact) mass is 473 g/mol. The van der Waals surface area contributed by atoms with E-state index in [1.165, 1.54) is 18.2 Å². The van der Waals surface area contributed by atoms with E-state index in [9.17, 15) is 29.9 Å². The summed E-state index contributed by atoms with van der Waals surface area (Å²) >= 11 is 4.22. The van der Waals surface area contributed by atoms with Crippen LogP contribution in [0.5, 0.6) is 0 Å². The van der Waals surface area contributed by atoms with Crippen molar-refractivity contribution < 1.29 is 39.4 Å². The quantitative estimate of drug-likeness (QED) is 0.389. The molecule has 5 N–H and O–H groups in total. The van der Waals surface area contributed by atoms with E-state index in [1.54, 1.807) is 0 Å². The van der Waals surface area contributed by atoms with Gasteiger partial charge >= 0.3 is 165 Å². The summed E-state index contributed by atoms with van der Waals surface area (Å²) in [5.41, 5.74) is 0.261. The van der Waals surface area contributed by atoms with Crippen LogP contribution in [0.25, 0.3) is 0 Å². The molecule has 1 aromatic carbocycles. The molecular formula is C17H23ClFO7Se+. The molecule has 2 saturated heterocycles. The molecule has 8 atom stereocenters. The normalized spacial score (nSPS) is 38.1. The van der Waals surface area contributed by atoms with Crippen LogP contribution >= 0.6 is 11.6 Å². The fraction of sp³-hybridized carbons (Fsp3) is 0.647. The van der Waals surface area contributed by atoms with Crippen molar-refractivity contribution in [1.82, 2.24) is 0 Å². The summed E-state index contributed by atoms with van der Waals surface area (Å²) in [6.07, 6.45) is -6.15. The number of aliphatic hydroxyl groups excluding tert-OH is 5. The summed E-state index contributed by atoms with van der Waals surface area (Å²) in [5, 5.41) is 50.5. The van der Waals surface area contributed by atoms with Gasteiger partial charge in [0.25, 0.3) is 0 Å². The maximum atomic E-state index is 13.7. The number of halogens is 2. The third-order valence-corrected chi connectivity index (χ3v) is 11.2. The van der Waals surface area contributed by atoms with E-state index in [4.69, 9.17) is 21.1 Å². The predicted molar refractivity (Wildman–Crippen MR) is 95.2 cm³/mol. The second-order valence-corrected chi connectivity index (χ2v) is 12.0. The molecule has 0 bridgehead atoms. The average molecular weight is 473 g/mol. The summed E-state index contributed by atoms with van der Waals surface area (Å²) in [4.78, 5) is -0.444. The molecule has 3 rings (SSSR count). The number of hydrogen-bond donors (Lipinski definition) is 5. The Morgan fingerprint density at radius 1 is 1.26 bits per heavy atom. The van der Waals surface area contributed by atoms with Crippen LogP contribution in [-0.2, 0) is 9.47 Å². The topological polar surface area (TPSA) is 120 Å². The average Bonchev–Trinajstić information content (AvgIpc) is 2.91. The Balaban J connectivity index is 1.70. The van der Waals surface area contributed by atoms with E-state index in [0.717, 1.165) is 0 Å². The van der Waals surface area contributed by atoms with E-state index in [0.29, 0.717) is 5.32 Å². The minimum atomic E-state index is -1.74. The first kappa shape index (κ1) is 21.4. The van der Waals surface area contributed by atoms with Gasteiger partial charge in [-0.3, -0.25) is 0 Å². The van der Waals surface area contributed by atoms with E-state index >= 15 is 0 Å². The van der Waals surface area contributed by atoms with Crippen molar-refractivity contribution in [3.05, 3.63) is 34.6 Å². The zero-order chi connectivity index (χ0) is 19.7. The van der Waals surface area contributed by atoms with Crippen molar-refractivity contribution in [2.75, 3.05) is 13.2 Å². The van der Waals surface area contributed by atoms with Crippen LogP contribution in [0.4, 0.5) is 4.39 Å². The molecule has 2 fully saturated rings. The minimum absolute atomic E-state index is 0.126. The molecule has 0 amide bonds. The maximum absolute atomic E-state index is 13.7. The van der Waals surface area contributed by atoms with Crippen molar-refractivity contribution in [1.29, 1.82) is 0 Å². The Kier molecular flexibility index (Phi) is 7.13. The number of ether oxygens (including phenoxy) is 2.